The van der Waals surface area contributed by atoms with Crippen LogP contribution in [0.25, 0.3) is 0 Å². The minimum atomic E-state index is -2.32. The van der Waals surface area contributed by atoms with Gasteiger partial charge < -0.3 is 78.0 Å². The molecule has 0 aromatic rings. The van der Waals surface area contributed by atoms with Crippen LogP contribution in [-0.4, -0.2) is 176 Å². The van der Waals surface area contributed by atoms with E-state index in [1.165, 1.54) is 13.8 Å². The van der Waals surface area contributed by atoms with Crippen molar-refractivity contribution in [3.8, 4) is 0 Å². The van der Waals surface area contributed by atoms with Gasteiger partial charge in [0.25, 0.3) is 0 Å². The molecule has 2 unspecified atom stereocenters. The van der Waals surface area contributed by atoms with E-state index in [0.29, 0.717) is 49.7 Å². The van der Waals surface area contributed by atoms with Crippen molar-refractivity contribution in [3.05, 3.63) is 36.5 Å². The Morgan fingerprint density at radius 2 is 1.41 bits per heavy atom. The highest BCUT2D eigenvalue weighted by Crippen LogP contribution is 2.48. The van der Waals surface area contributed by atoms with Gasteiger partial charge in [-0.2, -0.15) is 0 Å². The van der Waals surface area contributed by atoms with Gasteiger partial charge in [0, 0.05) is 103 Å². The van der Waals surface area contributed by atoms with Crippen molar-refractivity contribution in [1.29, 1.82) is 0 Å². The SMILES string of the molecule is C=C(C)C[C@H]1O[C@@H]2[C@H](C)C(OC(=O)C[C@@H]3C[C@H](OC(C)=O)C[C@@]4(C[C@@](C)(O)C[C@H](CC(=C)[C@@H](C)[C@H](OC(C)=O)[C@H](C)C(=O)C[C@@H]5C[C@H](OC)CC6(C[C@@H](O)C[C@@H](/C=C\CCC[C@H]7O[C@](O)(C[C@H](O)[C@H]7C)[C@H]2O)O6)O5)O4)O3)[C@@H]1O. The lowest BCUT2D eigenvalue weighted by atomic mass is 9.78. The van der Waals surface area contributed by atoms with Crippen LogP contribution in [0.1, 0.15) is 158 Å². The molecular weight excluding hydrogens is 1020 g/mol. The molecule has 7 heterocycles. The molecule has 0 aliphatic carbocycles. The lowest BCUT2D eigenvalue weighted by Gasteiger charge is -2.52. The average molecular weight is 1110 g/mol. The number of aliphatic hydroxyl groups excluding tert-OH is 4. The third-order valence-electron chi connectivity index (χ3n) is 17.4. The summed E-state index contributed by atoms with van der Waals surface area (Å²) < 4.78 is 63.1. The predicted octanol–water partition coefficient (Wildman–Crippen LogP) is 4.87. The summed E-state index contributed by atoms with van der Waals surface area (Å²) in [6.45, 7) is 21.2. The number of allylic oxidation sites excluding steroid dienone is 1. The first-order chi connectivity index (χ1) is 36.5. The lowest BCUT2D eigenvalue weighted by Crippen LogP contribution is -2.65. The number of rotatable bonds is 5. The molecule has 20 nitrogen and oxygen atoms in total. The summed E-state index contributed by atoms with van der Waals surface area (Å²) in [5, 5.41) is 70.8. The first-order valence-electron chi connectivity index (χ1n) is 28.3. The summed E-state index contributed by atoms with van der Waals surface area (Å²) in [7, 11) is 1.58. The van der Waals surface area contributed by atoms with Crippen LogP contribution in [0.2, 0.25) is 0 Å². The third-order valence-corrected chi connectivity index (χ3v) is 17.4. The fourth-order valence-electron chi connectivity index (χ4n) is 13.5. The number of Topliss-reactive ketones (excluding diaryl/α,β-unsaturated/α-hetero) is 1. The maximum Gasteiger partial charge on any atom is 0.308 e. The van der Waals surface area contributed by atoms with E-state index in [2.05, 4.69) is 13.2 Å². The lowest BCUT2D eigenvalue weighted by molar-refractivity contribution is -0.351. The van der Waals surface area contributed by atoms with Gasteiger partial charge in [-0.05, 0) is 46.0 Å². The van der Waals surface area contributed by atoms with Crippen LogP contribution in [0.4, 0.5) is 0 Å². The highest BCUT2D eigenvalue weighted by molar-refractivity contribution is 5.82. The second kappa shape index (κ2) is 25.5. The Morgan fingerprint density at radius 1 is 0.756 bits per heavy atom. The van der Waals surface area contributed by atoms with Crippen molar-refractivity contribution >= 4 is 23.7 Å². The third kappa shape index (κ3) is 15.3. The van der Waals surface area contributed by atoms with Gasteiger partial charge in [-0.25, -0.2) is 0 Å². The van der Waals surface area contributed by atoms with Gasteiger partial charge in [0.2, 0.25) is 0 Å². The van der Waals surface area contributed by atoms with Gasteiger partial charge >= 0.3 is 17.9 Å². The van der Waals surface area contributed by atoms with Crippen molar-refractivity contribution in [2.75, 3.05) is 7.11 Å². The molecule has 0 aromatic carbocycles. The van der Waals surface area contributed by atoms with Gasteiger partial charge in [0.15, 0.2) is 17.4 Å². The first kappa shape index (κ1) is 62.4. The van der Waals surface area contributed by atoms with Crippen LogP contribution in [0, 0.1) is 23.7 Å². The molecule has 7 rings (SSSR count). The number of ketones is 1. The summed E-state index contributed by atoms with van der Waals surface area (Å²) >= 11 is 0. The van der Waals surface area contributed by atoms with Gasteiger partial charge in [-0.15, -0.1) is 6.58 Å². The number of hydrogen-bond acceptors (Lipinski definition) is 20. The quantitative estimate of drug-likeness (QED) is 0.122. The average Bonchev–Trinajstić information content (AvgIpc) is 3.32. The Balaban J connectivity index is 1.21. The Bertz CT molecular complexity index is 2170. The van der Waals surface area contributed by atoms with Crippen LogP contribution < -0.4 is 0 Å². The summed E-state index contributed by atoms with van der Waals surface area (Å²) in [5.74, 6) is -10.2. The van der Waals surface area contributed by atoms with E-state index >= 15 is 0 Å². The molecule has 7 aliphatic heterocycles. The zero-order valence-electron chi connectivity index (χ0n) is 47.3. The summed E-state index contributed by atoms with van der Waals surface area (Å²) in [6.07, 6.45) is -8.71. The van der Waals surface area contributed by atoms with E-state index in [1.54, 1.807) is 41.7 Å². The molecular formula is C58H90O20. The summed E-state index contributed by atoms with van der Waals surface area (Å²) in [4.78, 5) is 53.9. The Labute approximate surface area is 459 Å². The number of carbonyl (C=O) groups excluding carboxylic acids is 4. The van der Waals surface area contributed by atoms with Crippen molar-refractivity contribution in [1.82, 2.24) is 0 Å². The van der Waals surface area contributed by atoms with Crippen LogP contribution in [0.3, 0.4) is 0 Å². The highest BCUT2D eigenvalue weighted by atomic mass is 16.7. The van der Waals surface area contributed by atoms with Crippen molar-refractivity contribution in [2.24, 2.45) is 23.7 Å². The topological polar surface area (TPSA) is 282 Å². The smallest absolute Gasteiger partial charge is 0.308 e. The number of aliphatic hydroxyl groups is 6. The number of carbonyl (C=O) groups is 4. The molecule has 0 radical (unpaired) electrons. The second-order valence-electron chi connectivity index (χ2n) is 24.6. The Hall–Kier alpha value is -3.22. The first-order valence-corrected chi connectivity index (χ1v) is 28.3. The minimum absolute atomic E-state index is 0.00139. The van der Waals surface area contributed by atoms with E-state index in [1.807, 2.05) is 19.1 Å². The molecule has 10 bridgehead atoms. The van der Waals surface area contributed by atoms with E-state index in [4.69, 9.17) is 47.4 Å². The molecule has 0 aromatic heterocycles. The zero-order valence-corrected chi connectivity index (χ0v) is 47.3. The number of ether oxygens (including phenoxy) is 10. The van der Waals surface area contributed by atoms with E-state index in [-0.39, 0.29) is 69.7 Å². The molecule has 23 atom stereocenters. The van der Waals surface area contributed by atoms with Gasteiger partial charge in [-0.1, -0.05) is 57.6 Å². The van der Waals surface area contributed by atoms with Crippen molar-refractivity contribution in [2.45, 2.75) is 273 Å². The van der Waals surface area contributed by atoms with Crippen molar-refractivity contribution in [3.63, 3.8) is 0 Å². The maximum atomic E-state index is 14.4. The fraction of sp³-hybridized carbons (Fsp3) is 0.828. The molecule has 0 amide bonds. The maximum absolute atomic E-state index is 14.4. The monoisotopic (exact) mass is 1110 g/mol. The van der Waals surface area contributed by atoms with E-state index in [0.717, 1.165) is 0 Å². The number of hydrogen-bond donors (Lipinski definition) is 6. The Kier molecular flexibility index (Phi) is 20.4. The van der Waals surface area contributed by atoms with Crippen LogP contribution in [-0.2, 0) is 66.5 Å². The molecule has 6 saturated heterocycles. The molecule has 6 N–H and O–H groups in total. The summed E-state index contributed by atoms with van der Waals surface area (Å²) in [5.41, 5.74) is -0.231. The molecule has 442 valence electrons. The fourth-order valence-corrected chi connectivity index (χ4v) is 13.5. The standard InChI is InChI=1S/C58H90O20/c1-30(2)17-48-50(65)52-35(7)53(72-48)54(66)58(68)28-46(63)33(5)47(78-58)16-14-12-13-15-39-19-38(61)24-56(74-39)26-42(69-11)20-40(75-56)22-45(62)34(6)51(71-37(9)60)32(4)31(3)18-44-25-55(10,67)29-57(77-44)27-43(70-36(8)59)21-41(76-57)23-49(64)73-52/h13,15,32-35,38-44,46-48,50-54,61,63,65-68H,1,3,12,14,16-29H2,2,4-11H3/b15-13-/t32-,33-,34-,35-,38+,39-,40+,41+,42+,43+,44+,46+,47-,48-,50-,51+,52?,53-,54+,55+,56?,57-,58-/m1/s1. The molecule has 2 spiro atoms. The molecule has 7 aliphatic rings. The van der Waals surface area contributed by atoms with Crippen LogP contribution >= 0.6 is 0 Å². The molecule has 6 fully saturated rings. The van der Waals surface area contributed by atoms with Gasteiger partial charge in [0.05, 0.1) is 79.0 Å². The highest BCUT2D eigenvalue weighted by Gasteiger charge is 2.58. The number of methoxy groups -OCH3 is 1. The van der Waals surface area contributed by atoms with Gasteiger partial charge in [0.1, 0.15) is 36.3 Å². The molecule has 20 heteroatoms. The molecule has 0 saturated carbocycles. The van der Waals surface area contributed by atoms with Crippen LogP contribution in [0.15, 0.2) is 36.5 Å². The number of esters is 3. The van der Waals surface area contributed by atoms with Gasteiger partial charge in [-0.3, -0.25) is 19.2 Å². The predicted molar refractivity (Wildman–Crippen MR) is 279 cm³/mol. The normalized spacial score (nSPS) is 47.0. The Morgan fingerprint density at radius 3 is 2.09 bits per heavy atom. The zero-order chi connectivity index (χ0) is 57.2. The molecule has 78 heavy (non-hydrogen) atoms. The van der Waals surface area contributed by atoms with Crippen molar-refractivity contribution < 1.29 is 97.2 Å². The van der Waals surface area contributed by atoms with E-state index in [9.17, 15) is 49.8 Å². The largest absolute Gasteiger partial charge is 0.462 e. The minimum Gasteiger partial charge on any atom is -0.462 e. The van der Waals surface area contributed by atoms with Crippen LogP contribution in [0.5, 0.6) is 0 Å². The van der Waals surface area contributed by atoms with E-state index < -0.39 is 156 Å². The number of fused-ring (bicyclic) bond motifs is 8. The summed E-state index contributed by atoms with van der Waals surface area (Å²) in [6, 6.07) is 0. The second-order valence-corrected chi connectivity index (χ2v) is 24.6.